The first-order valence-electron chi connectivity index (χ1n) is 4.72. The van der Waals surface area contributed by atoms with Crippen molar-refractivity contribution in [3.05, 3.63) is 23.9 Å². The zero-order chi connectivity index (χ0) is 10.4. The van der Waals surface area contributed by atoms with Crippen molar-refractivity contribution in [2.24, 2.45) is 11.8 Å². The van der Waals surface area contributed by atoms with Crippen LogP contribution in [0.5, 0.6) is 0 Å². The van der Waals surface area contributed by atoms with Crippen molar-refractivity contribution >= 4 is 5.82 Å². The van der Waals surface area contributed by atoms with Crippen molar-refractivity contribution in [1.29, 1.82) is 0 Å². The standard InChI is InChI=1S/C10H17N3O/c1-8(2)6-14-7-9-4-3-5-12-10(9)13-11/h3-5,8H,6-7,11H2,1-2H3,(H,12,13). The van der Waals surface area contributed by atoms with Gasteiger partial charge < -0.3 is 10.2 Å². The first-order chi connectivity index (χ1) is 6.74. The van der Waals surface area contributed by atoms with Gasteiger partial charge in [-0.3, -0.25) is 0 Å². The molecule has 1 aromatic rings. The van der Waals surface area contributed by atoms with Crippen molar-refractivity contribution in [3.8, 4) is 0 Å². The molecule has 0 bridgehead atoms. The van der Waals surface area contributed by atoms with E-state index < -0.39 is 0 Å². The van der Waals surface area contributed by atoms with Gasteiger partial charge in [-0.25, -0.2) is 10.8 Å². The molecule has 0 atom stereocenters. The summed E-state index contributed by atoms with van der Waals surface area (Å²) in [4.78, 5) is 4.08. The number of hydrazine groups is 1. The Bertz CT molecular complexity index is 276. The van der Waals surface area contributed by atoms with E-state index in [0.29, 0.717) is 18.3 Å². The van der Waals surface area contributed by atoms with Crippen molar-refractivity contribution in [2.45, 2.75) is 20.5 Å². The number of anilines is 1. The van der Waals surface area contributed by atoms with Gasteiger partial charge in [-0.1, -0.05) is 19.9 Å². The number of hydrogen-bond donors (Lipinski definition) is 2. The maximum atomic E-state index is 5.49. The van der Waals surface area contributed by atoms with E-state index in [4.69, 9.17) is 10.6 Å². The summed E-state index contributed by atoms with van der Waals surface area (Å²) in [6, 6.07) is 3.82. The number of aromatic nitrogens is 1. The highest BCUT2D eigenvalue weighted by atomic mass is 16.5. The molecule has 1 aromatic heterocycles. The average Bonchev–Trinajstić information content (AvgIpc) is 2.18. The Hall–Kier alpha value is -1.13. The Morgan fingerprint density at radius 1 is 1.57 bits per heavy atom. The summed E-state index contributed by atoms with van der Waals surface area (Å²) < 4.78 is 5.49. The van der Waals surface area contributed by atoms with Gasteiger partial charge in [0.2, 0.25) is 0 Å². The molecule has 0 aromatic carbocycles. The quantitative estimate of drug-likeness (QED) is 0.552. The molecule has 0 spiro atoms. The second-order valence-electron chi connectivity index (χ2n) is 3.56. The van der Waals surface area contributed by atoms with Crippen molar-refractivity contribution in [2.75, 3.05) is 12.0 Å². The summed E-state index contributed by atoms with van der Waals surface area (Å²) in [5.74, 6) is 6.53. The fraction of sp³-hybridized carbons (Fsp3) is 0.500. The van der Waals surface area contributed by atoms with Gasteiger partial charge in [0.05, 0.1) is 6.61 Å². The maximum absolute atomic E-state index is 5.49. The second-order valence-corrected chi connectivity index (χ2v) is 3.56. The molecule has 4 nitrogen and oxygen atoms in total. The molecule has 3 N–H and O–H groups in total. The summed E-state index contributed by atoms with van der Waals surface area (Å²) >= 11 is 0. The first kappa shape index (κ1) is 10.9. The molecule has 0 unspecified atom stereocenters. The van der Waals surface area contributed by atoms with Gasteiger partial charge in [0, 0.05) is 18.4 Å². The molecule has 4 heteroatoms. The highest BCUT2D eigenvalue weighted by molar-refractivity contribution is 5.41. The van der Waals surface area contributed by atoms with Crippen LogP contribution in [0.25, 0.3) is 0 Å². The minimum absolute atomic E-state index is 0.543. The predicted octanol–water partition coefficient (Wildman–Crippen LogP) is 1.54. The van der Waals surface area contributed by atoms with Gasteiger partial charge in [0.15, 0.2) is 0 Å². The zero-order valence-corrected chi connectivity index (χ0v) is 8.66. The number of nitrogens with one attached hydrogen (secondary N) is 1. The Morgan fingerprint density at radius 2 is 2.36 bits per heavy atom. The van der Waals surface area contributed by atoms with Gasteiger partial charge in [-0.15, -0.1) is 0 Å². The number of pyridine rings is 1. The lowest BCUT2D eigenvalue weighted by atomic mass is 10.2. The van der Waals surface area contributed by atoms with E-state index in [1.54, 1.807) is 6.20 Å². The Balaban J connectivity index is 2.49. The van der Waals surface area contributed by atoms with Crippen LogP contribution in [0.3, 0.4) is 0 Å². The van der Waals surface area contributed by atoms with E-state index in [2.05, 4.69) is 24.3 Å². The van der Waals surface area contributed by atoms with Gasteiger partial charge in [0.25, 0.3) is 0 Å². The minimum Gasteiger partial charge on any atom is -0.376 e. The molecule has 1 heterocycles. The fourth-order valence-corrected chi connectivity index (χ4v) is 1.09. The van der Waals surface area contributed by atoms with E-state index in [9.17, 15) is 0 Å². The van der Waals surface area contributed by atoms with Crippen molar-refractivity contribution in [3.63, 3.8) is 0 Å². The number of nitrogen functional groups attached to an aromatic ring is 1. The molecular weight excluding hydrogens is 178 g/mol. The van der Waals surface area contributed by atoms with E-state index >= 15 is 0 Å². The van der Waals surface area contributed by atoms with Crippen LogP contribution in [0.4, 0.5) is 5.82 Å². The summed E-state index contributed by atoms with van der Waals surface area (Å²) in [5.41, 5.74) is 3.52. The third-order valence-electron chi connectivity index (χ3n) is 1.74. The highest BCUT2D eigenvalue weighted by Crippen LogP contribution is 2.11. The third-order valence-corrected chi connectivity index (χ3v) is 1.74. The topological polar surface area (TPSA) is 60.2 Å². The smallest absolute Gasteiger partial charge is 0.145 e. The minimum atomic E-state index is 0.543. The van der Waals surface area contributed by atoms with Crippen LogP contribution in [0.15, 0.2) is 18.3 Å². The molecular formula is C10H17N3O. The molecule has 0 aliphatic heterocycles. The van der Waals surface area contributed by atoms with Gasteiger partial charge in [-0.2, -0.15) is 0 Å². The summed E-state index contributed by atoms with van der Waals surface area (Å²) in [6.45, 7) is 5.53. The van der Waals surface area contributed by atoms with Crippen LogP contribution in [-0.4, -0.2) is 11.6 Å². The predicted molar refractivity (Wildman–Crippen MR) is 56.5 cm³/mol. The second kappa shape index (κ2) is 5.57. The average molecular weight is 195 g/mol. The number of hydrogen-bond acceptors (Lipinski definition) is 4. The molecule has 0 aliphatic rings. The molecule has 0 amide bonds. The van der Waals surface area contributed by atoms with Crippen LogP contribution in [0.2, 0.25) is 0 Å². The lowest BCUT2D eigenvalue weighted by molar-refractivity contribution is 0.0972. The van der Waals surface area contributed by atoms with Crippen LogP contribution in [0.1, 0.15) is 19.4 Å². The summed E-state index contributed by atoms with van der Waals surface area (Å²) in [7, 11) is 0. The van der Waals surface area contributed by atoms with E-state index in [-0.39, 0.29) is 0 Å². The van der Waals surface area contributed by atoms with Gasteiger partial charge in [-0.05, 0) is 12.0 Å². The van der Waals surface area contributed by atoms with Crippen molar-refractivity contribution < 1.29 is 4.74 Å². The highest BCUT2D eigenvalue weighted by Gasteiger charge is 2.01. The van der Waals surface area contributed by atoms with Gasteiger partial charge >= 0.3 is 0 Å². The number of nitrogens with two attached hydrogens (primary N) is 1. The van der Waals surface area contributed by atoms with Crippen LogP contribution >= 0.6 is 0 Å². The van der Waals surface area contributed by atoms with E-state index in [1.807, 2.05) is 12.1 Å². The number of ether oxygens (including phenoxy) is 1. The number of nitrogens with zero attached hydrogens (tertiary/aromatic N) is 1. The molecule has 0 fully saturated rings. The summed E-state index contributed by atoms with van der Waals surface area (Å²) in [6.07, 6.45) is 1.70. The monoisotopic (exact) mass is 195 g/mol. The van der Waals surface area contributed by atoms with Crippen LogP contribution < -0.4 is 11.3 Å². The normalized spacial score (nSPS) is 10.6. The number of rotatable bonds is 5. The SMILES string of the molecule is CC(C)COCc1cccnc1NN. The first-order valence-corrected chi connectivity index (χ1v) is 4.72. The van der Waals surface area contributed by atoms with Gasteiger partial charge in [0.1, 0.15) is 5.82 Å². The molecule has 0 saturated carbocycles. The largest absolute Gasteiger partial charge is 0.376 e. The molecule has 0 radical (unpaired) electrons. The Morgan fingerprint density at radius 3 is 3.00 bits per heavy atom. The molecule has 14 heavy (non-hydrogen) atoms. The van der Waals surface area contributed by atoms with Crippen LogP contribution in [0, 0.1) is 5.92 Å². The molecule has 78 valence electrons. The zero-order valence-electron chi connectivity index (χ0n) is 8.66. The Labute approximate surface area is 84.4 Å². The van der Waals surface area contributed by atoms with E-state index in [0.717, 1.165) is 12.2 Å². The molecule has 0 saturated heterocycles. The Kier molecular flexibility index (Phi) is 4.35. The fourth-order valence-electron chi connectivity index (χ4n) is 1.09. The molecule has 0 aliphatic carbocycles. The summed E-state index contributed by atoms with van der Waals surface area (Å²) in [5, 5.41) is 0. The van der Waals surface area contributed by atoms with E-state index in [1.165, 1.54) is 0 Å². The third kappa shape index (κ3) is 3.32. The maximum Gasteiger partial charge on any atom is 0.145 e. The molecule has 1 rings (SSSR count). The lowest BCUT2D eigenvalue weighted by Crippen LogP contribution is -2.12. The lowest BCUT2D eigenvalue weighted by Gasteiger charge is -2.09. The van der Waals surface area contributed by atoms with Crippen LogP contribution in [-0.2, 0) is 11.3 Å². The van der Waals surface area contributed by atoms with Crippen molar-refractivity contribution in [1.82, 2.24) is 4.98 Å².